The molecule has 0 aliphatic heterocycles. The van der Waals surface area contributed by atoms with E-state index >= 15 is 0 Å². The van der Waals surface area contributed by atoms with Crippen molar-refractivity contribution in [3.05, 3.63) is 93.6 Å². The summed E-state index contributed by atoms with van der Waals surface area (Å²) in [6.45, 7) is 0. The predicted molar refractivity (Wildman–Crippen MR) is 114 cm³/mol. The zero-order valence-corrected chi connectivity index (χ0v) is 16.3. The quantitative estimate of drug-likeness (QED) is 0.456. The SMILES string of the molecule is Cn1c(=O)c2c(-c3ccc(F)cc3)n(-c3cnc4ccccc4c3)cc2n(C)c1=O. The summed E-state index contributed by atoms with van der Waals surface area (Å²) in [5, 5.41) is 1.33. The molecule has 30 heavy (non-hydrogen) atoms. The van der Waals surface area contributed by atoms with Crippen LogP contribution < -0.4 is 11.2 Å². The molecule has 6 nitrogen and oxygen atoms in total. The summed E-state index contributed by atoms with van der Waals surface area (Å²) in [5.41, 5.74) is 2.51. The van der Waals surface area contributed by atoms with Gasteiger partial charge in [0.2, 0.25) is 0 Å². The van der Waals surface area contributed by atoms with E-state index in [2.05, 4.69) is 4.98 Å². The third-order valence-electron chi connectivity index (χ3n) is 5.41. The molecule has 0 radical (unpaired) electrons. The molecule has 0 spiro atoms. The van der Waals surface area contributed by atoms with Crippen LogP contribution in [0.15, 0.2) is 76.6 Å². The van der Waals surface area contributed by atoms with E-state index in [9.17, 15) is 14.0 Å². The molecule has 5 rings (SSSR count). The second-order valence-corrected chi connectivity index (χ2v) is 7.21. The van der Waals surface area contributed by atoms with E-state index in [-0.39, 0.29) is 5.82 Å². The molecule has 0 amide bonds. The van der Waals surface area contributed by atoms with Gasteiger partial charge in [-0.05, 0) is 42.0 Å². The maximum Gasteiger partial charge on any atom is 0.330 e. The molecule has 0 unspecified atom stereocenters. The molecule has 0 aliphatic rings. The zero-order valence-electron chi connectivity index (χ0n) is 16.3. The van der Waals surface area contributed by atoms with Crippen molar-refractivity contribution in [2.75, 3.05) is 0 Å². The van der Waals surface area contributed by atoms with Crippen LogP contribution in [-0.4, -0.2) is 18.7 Å². The highest BCUT2D eigenvalue weighted by Gasteiger charge is 2.20. The van der Waals surface area contributed by atoms with Gasteiger partial charge in [0.25, 0.3) is 5.56 Å². The van der Waals surface area contributed by atoms with Crippen LogP contribution in [0.1, 0.15) is 0 Å². The highest BCUT2D eigenvalue weighted by molar-refractivity contribution is 5.95. The summed E-state index contributed by atoms with van der Waals surface area (Å²) < 4.78 is 17.9. The number of aryl methyl sites for hydroxylation is 1. The summed E-state index contributed by atoms with van der Waals surface area (Å²) in [7, 11) is 3.08. The van der Waals surface area contributed by atoms with Gasteiger partial charge in [-0.2, -0.15) is 0 Å². The number of hydrogen-bond donors (Lipinski definition) is 0. The van der Waals surface area contributed by atoms with Gasteiger partial charge in [0, 0.05) is 25.7 Å². The molecule has 0 fully saturated rings. The van der Waals surface area contributed by atoms with Gasteiger partial charge in [-0.25, -0.2) is 9.18 Å². The lowest BCUT2D eigenvalue weighted by molar-refractivity contribution is 0.628. The first kappa shape index (κ1) is 18.1. The molecule has 3 heterocycles. The van der Waals surface area contributed by atoms with E-state index in [0.29, 0.717) is 22.2 Å². The maximum atomic E-state index is 13.6. The monoisotopic (exact) mass is 400 g/mol. The molecule has 0 saturated heterocycles. The molecule has 0 saturated carbocycles. The Morgan fingerprint density at radius 3 is 2.43 bits per heavy atom. The topological polar surface area (TPSA) is 61.8 Å². The van der Waals surface area contributed by atoms with Crippen molar-refractivity contribution in [1.82, 2.24) is 18.7 Å². The van der Waals surface area contributed by atoms with E-state index in [4.69, 9.17) is 0 Å². The van der Waals surface area contributed by atoms with Crippen LogP contribution in [0, 0.1) is 5.82 Å². The molecular weight excluding hydrogens is 383 g/mol. The Morgan fingerprint density at radius 1 is 0.933 bits per heavy atom. The van der Waals surface area contributed by atoms with Gasteiger partial charge in [0.15, 0.2) is 0 Å². The summed E-state index contributed by atoms with van der Waals surface area (Å²) in [4.78, 5) is 30.1. The van der Waals surface area contributed by atoms with E-state index in [1.165, 1.54) is 23.7 Å². The highest BCUT2D eigenvalue weighted by Crippen LogP contribution is 2.31. The normalized spacial score (nSPS) is 11.4. The Balaban J connectivity index is 1.93. The number of fused-ring (bicyclic) bond motifs is 2. The number of aromatic nitrogens is 4. The van der Waals surface area contributed by atoms with Crippen LogP contribution in [0.3, 0.4) is 0 Å². The van der Waals surface area contributed by atoms with Crippen molar-refractivity contribution < 1.29 is 4.39 Å². The third-order valence-corrected chi connectivity index (χ3v) is 5.41. The van der Waals surface area contributed by atoms with Crippen LogP contribution in [0.2, 0.25) is 0 Å². The average Bonchev–Trinajstić information content (AvgIpc) is 3.17. The van der Waals surface area contributed by atoms with E-state index in [1.807, 2.05) is 34.9 Å². The number of hydrogen-bond acceptors (Lipinski definition) is 3. The summed E-state index contributed by atoms with van der Waals surface area (Å²) in [6, 6.07) is 15.7. The molecular formula is C23H17FN4O2. The molecule has 0 N–H and O–H groups in total. The second-order valence-electron chi connectivity index (χ2n) is 7.21. The number of benzene rings is 2. The van der Waals surface area contributed by atoms with Crippen LogP contribution in [-0.2, 0) is 14.1 Å². The Bertz CT molecular complexity index is 1560. The smallest absolute Gasteiger partial charge is 0.312 e. The highest BCUT2D eigenvalue weighted by atomic mass is 19.1. The van der Waals surface area contributed by atoms with Crippen molar-refractivity contribution in [3.8, 4) is 16.9 Å². The Kier molecular flexibility index (Phi) is 3.92. The minimum atomic E-state index is -0.410. The fourth-order valence-electron chi connectivity index (χ4n) is 3.83. The number of nitrogens with zero attached hydrogens (tertiary/aromatic N) is 4. The number of para-hydroxylation sites is 1. The van der Waals surface area contributed by atoms with Crippen molar-refractivity contribution >= 4 is 21.8 Å². The van der Waals surface area contributed by atoms with Gasteiger partial charge >= 0.3 is 5.69 Å². The van der Waals surface area contributed by atoms with Gasteiger partial charge in [-0.15, -0.1) is 0 Å². The lowest BCUT2D eigenvalue weighted by atomic mass is 10.1. The van der Waals surface area contributed by atoms with Gasteiger partial charge in [-0.3, -0.25) is 18.9 Å². The van der Waals surface area contributed by atoms with Gasteiger partial charge in [0.1, 0.15) is 5.82 Å². The number of pyridine rings is 1. The van der Waals surface area contributed by atoms with Gasteiger partial charge < -0.3 is 4.57 Å². The largest absolute Gasteiger partial charge is 0.330 e. The molecule has 5 aromatic rings. The third kappa shape index (κ3) is 2.59. The first-order valence-corrected chi connectivity index (χ1v) is 9.38. The lowest BCUT2D eigenvalue weighted by Crippen LogP contribution is -2.36. The lowest BCUT2D eigenvalue weighted by Gasteiger charge is -2.11. The minimum absolute atomic E-state index is 0.367. The van der Waals surface area contributed by atoms with Crippen molar-refractivity contribution in [2.24, 2.45) is 14.1 Å². The van der Waals surface area contributed by atoms with Crippen LogP contribution in [0.25, 0.3) is 38.8 Å². The molecule has 148 valence electrons. The summed E-state index contributed by atoms with van der Waals surface area (Å²) >= 11 is 0. The van der Waals surface area contributed by atoms with Crippen LogP contribution >= 0.6 is 0 Å². The van der Waals surface area contributed by atoms with Gasteiger partial charge in [-0.1, -0.05) is 18.2 Å². The molecule has 7 heteroatoms. The van der Waals surface area contributed by atoms with E-state index < -0.39 is 11.2 Å². The van der Waals surface area contributed by atoms with Crippen molar-refractivity contribution in [3.63, 3.8) is 0 Å². The first-order valence-electron chi connectivity index (χ1n) is 9.38. The second kappa shape index (κ2) is 6.52. The van der Waals surface area contributed by atoms with Crippen molar-refractivity contribution in [2.45, 2.75) is 0 Å². The van der Waals surface area contributed by atoms with Gasteiger partial charge in [0.05, 0.1) is 34.0 Å². The first-order chi connectivity index (χ1) is 14.5. The standard InChI is InChI=1S/C23H17FN4O2/c1-26-19-13-28(17-11-15-5-3-4-6-18(15)25-12-17)21(14-7-9-16(24)10-8-14)20(19)22(29)27(2)23(26)30/h3-13H,1-2H3. The number of halogens is 1. The van der Waals surface area contributed by atoms with E-state index in [1.54, 1.807) is 31.6 Å². The molecule has 0 bridgehead atoms. The summed E-state index contributed by atoms with van der Waals surface area (Å²) in [6.07, 6.45) is 3.47. The summed E-state index contributed by atoms with van der Waals surface area (Å²) in [5.74, 6) is -0.367. The fourth-order valence-corrected chi connectivity index (χ4v) is 3.83. The average molecular weight is 400 g/mol. The Hall–Kier alpha value is -4.00. The Morgan fingerprint density at radius 2 is 1.67 bits per heavy atom. The predicted octanol–water partition coefficient (Wildman–Crippen LogP) is 3.38. The Labute approximate surface area is 170 Å². The molecule has 3 aromatic heterocycles. The van der Waals surface area contributed by atoms with Crippen LogP contribution in [0.5, 0.6) is 0 Å². The minimum Gasteiger partial charge on any atom is -0.312 e. The van der Waals surface area contributed by atoms with E-state index in [0.717, 1.165) is 21.2 Å². The van der Waals surface area contributed by atoms with Crippen molar-refractivity contribution in [1.29, 1.82) is 0 Å². The maximum absolute atomic E-state index is 13.6. The zero-order chi connectivity index (χ0) is 21.0. The molecule has 0 atom stereocenters. The molecule has 2 aromatic carbocycles. The fraction of sp³-hybridized carbons (Fsp3) is 0.0870. The molecule has 0 aliphatic carbocycles. The van der Waals surface area contributed by atoms with Crippen LogP contribution in [0.4, 0.5) is 4.39 Å². The number of rotatable bonds is 2.